The van der Waals surface area contributed by atoms with Gasteiger partial charge in [0.05, 0.1) is 19.8 Å². The lowest BCUT2D eigenvalue weighted by Gasteiger charge is -2.21. The number of esters is 3. The van der Waals surface area contributed by atoms with Gasteiger partial charge in [-0.15, -0.1) is 0 Å². The lowest BCUT2D eigenvalue weighted by Crippen LogP contribution is -2.30. The summed E-state index contributed by atoms with van der Waals surface area (Å²) in [5.41, 5.74) is 0. The molecule has 11 nitrogen and oxygen atoms in total. The van der Waals surface area contributed by atoms with Crippen LogP contribution in [0.4, 0.5) is 0 Å². The number of hydrogen-bond donors (Lipinski definition) is 2. The van der Waals surface area contributed by atoms with Gasteiger partial charge in [0.1, 0.15) is 12.7 Å². The molecule has 0 saturated carbocycles. The third-order valence-electron chi connectivity index (χ3n) is 13.0. The molecular formula is C66H113O11P. The lowest BCUT2D eigenvalue weighted by atomic mass is 10.1. The van der Waals surface area contributed by atoms with Gasteiger partial charge in [-0.2, -0.15) is 0 Å². The van der Waals surface area contributed by atoms with Crippen molar-refractivity contribution in [2.75, 3.05) is 26.4 Å². The molecule has 0 aromatic rings. The smallest absolute Gasteiger partial charge is 0.462 e. The van der Waals surface area contributed by atoms with Gasteiger partial charge < -0.3 is 24.2 Å². The Morgan fingerprint density at radius 2 is 0.667 bits per heavy atom. The van der Waals surface area contributed by atoms with Crippen LogP contribution in [0.15, 0.2) is 97.2 Å². The fourth-order valence-corrected chi connectivity index (χ4v) is 9.01. The molecule has 3 atom stereocenters. The maximum Gasteiger partial charge on any atom is 0.472 e. The highest BCUT2D eigenvalue weighted by Crippen LogP contribution is 2.43. The molecule has 0 aliphatic heterocycles. The van der Waals surface area contributed by atoms with Crippen LogP contribution in [-0.4, -0.2) is 66.5 Å². The number of ether oxygens (including phenoxy) is 3. The van der Waals surface area contributed by atoms with Crippen LogP contribution >= 0.6 is 7.82 Å². The van der Waals surface area contributed by atoms with Crippen LogP contribution < -0.4 is 0 Å². The molecule has 0 spiro atoms. The van der Waals surface area contributed by atoms with Crippen molar-refractivity contribution in [2.45, 2.75) is 277 Å². The average Bonchev–Trinajstić information content (AvgIpc) is 3.43. The molecule has 12 heteroatoms. The van der Waals surface area contributed by atoms with Crippen LogP contribution in [0.5, 0.6) is 0 Å². The van der Waals surface area contributed by atoms with Crippen molar-refractivity contribution in [2.24, 2.45) is 0 Å². The van der Waals surface area contributed by atoms with Gasteiger partial charge in [0.25, 0.3) is 0 Å². The summed E-state index contributed by atoms with van der Waals surface area (Å²) in [6, 6.07) is 0. The van der Waals surface area contributed by atoms with Crippen molar-refractivity contribution < 1.29 is 52.2 Å². The molecule has 2 N–H and O–H groups in total. The summed E-state index contributed by atoms with van der Waals surface area (Å²) in [6.07, 6.45) is 70.7. The van der Waals surface area contributed by atoms with Crippen LogP contribution in [-0.2, 0) is 42.2 Å². The summed E-state index contributed by atoms with van der Waals surface area (Å²) in [5, 5.41) is 9.84. The number of unbranched alkanes of at least 4 members (excludes halogenated alkanes) is 24. The highest BCUT2D eigenvalue weighted by molar-refractivity contribution is 7.47. The zero-order valence-corrected chi connectivity index (χ0v) is 50.5. The van der Waals surface area contributed by atoms with Crippen LogP contribution in [0, 0.1) is 0 Å². The molecule has 78 heavy (non-hydrogen) atoms. The summed E-state index contributed by atoms with van der Waals surface area (Å²) in [5.74, 6) is -1.52. The SMILES string of the molecule is CC/C=C\C/C=C\C/C=C\C/C=C\C/C=C\CCCCCC(=O)OC(COC(=O)CCCCCCCCC/C=C\C/C=C\CCCCC)COP(=O)(O)OCC(CO)OC(=O)CCCCCCC/C=C\CCCCCCCC. The first-order valence-electron chi connectivity index (χ1n) is 31.1. The zero-order valence-electron chi connectivity index (χ0n) is 49.6. The number of hydrogen-bond acceptors (Lipinski definition) is 10. The van der Waals surface area contributed by atoms with E-state index in [1.54, 1.807) is 0 Å². The Hall–Kier alpha value is -3.60. The van der Waals surface area contributed by atoms with Gasteiger partial charge in [-0.05, 0) is 122 Å². The third kappa shape index (κ3) is 57.1. The van der Waals surface area contributed by atoms with Gasteiger partial charge in [-0.1, -0.05) is 221 Å². The Morgan fingerprint density at radius 3 is 1.08 bits per heavy atom. The summed E-state index contributed by atoms with van der Waals surface area (Å²) >= 11 is 0. The number of carbonyl (C=O) groups is 3. The fourth-order valence-electron chi connectivity index (χ4n) is 8.23. The standard InChI is InChI=1S/C66H113O11P/c1-4-7-10-13-16-19-22-25-28-30-31-33-36-39-42-45-48-51-54-57-66(70)77-63(59-73-64(68)55-52-49-46-43-40-37-35-32-29-26-23-20-17-14-11-8-5-2)61-75-78(71,72)74-60-62(58-67)76-65(69)56-53-50-47-44-41-38-34-27-24-21-18-15-12-9-6-3/h7,10,16-17,19-20,25-29,31,33-34,39,42,62-63,67H,4-6,8-9,11-15,18,21-24,30,32,35-38,40-41,43-61H2,1-3H3,(H,71,72)/b10-7-,19-16-,20-17-,28-25-,29-26-,33-31-,34-27-,42-39-. The number of aliphatic hydroxyl groups is 1. The van der Waals surface area contributed by atoms with Crippen molar-refractivity contribution in [3.8, 4) is 0 Å². The minimum absolute atomic E-state index is 0.123. The first-order valence-corrected chi connectivity index (χ1v) is 32.6. The van der Waals surface area contributed by atoms with Gasteiger partial charge in [0.15, 0.2) is 6.10 Å². The van der Waals surface area contributed by atoms with E-state index in [1.165, 1.54) is 77.0 Å². The summed E-state index contributed by atoms with van der Waals surface area (Å²) in [7, 11) is -4.77. The van der Waals surface area contributed by atoms with Crippen molar-refractivity contribution in [3.05, 3.63) is 97.2 Å². The van der Waals surface area contributed by atoms with E-state index in [9.17, 15) is 28.9 Å². The average molecular weight is 1110 g/mol. The van der Waals surface area contributed by atoms with Gasteiger partial charge in [-0.25, -0.2) is 4.57 Å². The van der Waals surface area contributed by atoms with Crippen LogP contribution in [0.3, 0.4) is 0 Å². The number of carbonyl (C=O) groups excluding carboxylic acids is 3. The first-order chi connectivity index (χ1) is 38.2. The minimum Gasteiger partial charge on any atom is -0.462 e. The normalized spacial score (nSPS) is 14.0. The van der Waals surface area contributed by atoms with Gasteiger partial charge in [0, 0.05) is 19.3 Å². The second-order valence-electron chi connectivity index (χ2n) is 20.5. The number of phosphoric acid groups is 1. The van der Waals surface area contributed by atoms with E-state index in [4.69, 9.17) is 23.3 Å². The molecule has 0 aromatic heterocycles. The molecule has 0 aromatic carbocycles. The Bertz CT molecular complexity index is 1680. The Labute approximate surface area is 476 Å². The van der Waals surface area contributed by atoms with E-state index >= 15 is 0 Å². The molecule has 0 aliphatic rings. The van der Waals surface area contributed by atoms with E-state index in [1.807, 2.05) is 0 Å². The van der Waals surface area contributed by atoms with E-state index < -0.39 is 57.8 Å². The molecule has 0 heterocycles. The Balaban J connectivity index is 4.80. The summed E-state index contributed by atoms with van der Waals surface area (Å²) in [6.45, 7) is 4.46. The summed E-state index contributed by atoms with van der Waals surface area (Å²) < 4.78 is 39.6. The minimum atomic E-state index is -4.77. The van der Waals surface area contributed by atoms with Crippen LogP contribution in [0.2, 0.25) is 0 Å². The molecule has 0 rings (SSSR count). The predicted octanol–water partition coefficient (Wildman–Crippen LogP) is 18.8. The lowest BCUT2D eigenvalue weighted by molar-refractivity contribution is -0.161. The molecule has 3 unspecified atom stereocenters. The van der Waals surface area contributed by atoms with Crippen molar-refractivity contribution >= 4 is 25.7 Å². The highest BCUT2D eigenvalue weighted by atomic mass is 31.2. The zero-order chi connectivity index (χ0) is 56.9. The van der Waals surface area contributed by atoms with E-state index in [0.717, 1.165) is 128 Å². The van der Waals surface area contributed by atoms with Crippen LogP contribution in [0.25, 0.3) is 0 Å². The maximum atomic E-state index is 12.9. The van der Waals surface area contributed by atoms with Gasteiger partial charge in [-0.3, -0.25) is 23.4 Å². The van der Waals surface area contributed by atoms with Crippen molar-refractivity contribution in [1.29, 1.82) is 0 Å². The molecule has 0 radical (unpaired) electrons. The maximum absolute atomic E-state index is 12.9. The Kier molecular flexibility index (Phi) is 56.8. The second kappa shape index (κ2) is 59.5. The third-order valence-corrected chi connectivity index (χ3v) is 13.9. The molecule has 0 saturated heterocycles. The topological polar surface area (TPSA) is 155 Å². The van der Waals surface area contributed by atoms with E-state index in [-0.39, 0.29) is 25.9 Å². The molecule has 0 fully saturated rings. The summed E-state index contributed by atoms with van der Waals surface area (Å²) in [4.78, 5) is 48.7. The fraction of sp³-hybridized carbons (Fsp3) is 0.712. The highest BCUT2D eigenvalue weighted by Gasteiger charge is 2.28. The van der Waals surface area contributed by atoms with Gasteiger partial charge >= 0.3 is 25.7 Å². The number of allylic oxidation sites excluding steroid dienone is 16. The second-order valence-corrected chi connectivity index (χ2v) is 21.9. The largest absolute Gasteiger partial charge is 0.472 e. The molecular weight excluding hydrogens is 1000 g/mol. The Morgan fingerprint density at radius 1 is 0.372 bits per heavy atom. The molecule has 448 valence electrons. The quantitative estimate of drug-likeness (QED) is 0.0197. The number of rotatable bonds is 57. The monoisotopic (exact) mass is 1110 g/mol. The van der Waals surface area contributed by atoms with Gasteiger partial charge in [0.2, 0.25) is 0 Å². The first kappa shape index (κ1) is 74.4. The predicted molar refractivity (Wildman–Crippen MR) is 325 cm³/mol. The molecule has 0 amide bonds. The number of aliphatic hydroxyl groups excluding tert-OH is 1. The van der Waals surface area contributed by atoms with E-state index in [0.29, 0.717) is 19.3 Å². The number of phosphoric ester groups is 1. The molecule has 0 bridgehead atoms. The van der Waals surface area contributed by atoms with E-state index in [2.05, 4.69) is 118 Å². The van der Waals surface area contributed by atoms with Crippen LogP contribution in [0.1, 0.15) is 265 Å². The van der Waals surface area contributed by atoms with Crippen molar-refractivity contribution in [3.63, 3.8) is 0 Å². The van der Waals surface area contributed by atoms with Crippen molar-refractivity contribution in [1.82, 2.24) is 0 Å². The molecule has 0 aliphatic carbocycles.